The second kappa shape index (κ2) is 10.7. The molecule has 0 amide bonds. The van der Waals surface area contributed by atoms with Crippen LogP contribution in [0.15, 0.2) is 132 Å². The van der Waals surface area contributed by atoms with Crippen molar-refractivity contribution in [3.63, 3.8) is 0 Å². The number of hydrogen-bond donors (Lipinski definition) is 0. The SMILES string of the molecule is FC(F)(F)C1(C(F)(F)F)N=C(C=Cc2ccccc2)OP1(Oc1ccccc1)(Oc1ccccc1)Oc1ccccc1. The number of hydrogen-bond acceptors (Lipinski definition) is 5. The summed E-state index contributed by atoms with van der Waals surface area (Å²) in [6.07, 6.45) is -10.3. The molecule has 0 fully saturated rings. The molecule has 0 atom stereocenters. The standard InChI is InChI=1S/C30H22F6NO4P/c31-29(32,33)28(30(34,35)36)37-27(22-21-23-13-5-1-6-14-23)41-42(28,38-24-15-7-2-8-16-24,39-25-17-9-3-10-18-25)40-26-19-11-4-12-20-26/h1-22H. The first kappa shape index (κ1) is 29.0. The average molecular weight is 605 g/mol. The van der Waals surface area contributed by atoms with Gasteiger partial charge in [-0.15, -0.1) is 0 Å². The maximum absolute atomic E-state index is 15.4. The molecule has 1 aliphatic rings. The molecule has 4 aromatic carbocycles. The summed E-state index contributed by atoms with van der Waals surface area (Å²) in [5.41, 5.74) is 0.456. The van der Waals surface area contributed by atoms with E-state index in [1.165, 1.54) is 60.7 Å². The Kier molecular flexibility index (Phi) is 7.41. The number of nitrogens with zero attached hydrogens (tertiary/aromatic N) is 1. The van der Waals surface area contributed by atoms with E-state index in [0.29, 0.717) is 5.56 Å². The summed E-state index contributed by atoms with van der Waals surface area (Å²) in [4.78, 5) is 3.23. The normalized spacial score (nSPS) is 18.2. The molecule has 42 heavy (non-hydrogen) atoms. The number of para-hydroxylation sites is 3. The van der Waals surface area contributed by atoms with Crippen molar-refractivity contribution in [2.45, 2.75) is 17.6 Å². The van der Waals surface area contributed by atoms with Crippen molar-refractivity contribution < 1.29 is 44.4 Å². The third kappa shape index (κ3) is 5.05. The molecule has 12 heteroatoms. The maximum atomic E-state index is 15.4. The van der Waals surface area contributed by atoms with Crippen LogP contribution in [0.5, 0.6) is 17.2 Å². The molecule has 1 heterocycles. The quantitative estimate of drug-likeness (QED) is 0.148. The second-order valence-corrected chi connectivity index (χ2v) is 12.0. The summed E-state index contributed by atoms with van der Waals surface area (Å²) in [5.74, 6) is -2.39. The van der Waals surface area contributed by atoms with Crippen LogP contribution in [0, 0.1) is 0 Å². The van der Waals surface area contributed by atoms with E-state index in [1.54, 1.807) is 30.3 Å². The molecule has 0 radical (unpaired) electrons. The van der Waals surface area contributed by atoms with E-state index in [-0.39, 0.29) is 0 Å². The summed E-state index contributed by atoms with van der Waals surface area (Å²) in [7, 11) is -7.20. The molecule has 0 spiro atoms. The number of halogens is 6. The number of benzene rings is 4. The molecule has 1 aliphatic heterocycles. The Hall–Kier alpha value is -4.50. The molecule has 0 aliphatic carbocycles. The molecule has 0 saturated heterocycles. The van der Waals surface area contributed by atoms with E-state index in [2.05, 4.69) is 4.99 Å². The van der Waals surface area contributed by atoms with Gasteiger partial charge in [-0.3, -0.25) is 0 Å². The Labute approximate surface area is 236 Å². The van der Waals surface area contributed by atoms with Gasteiger partial charge in [-0.25, -0.2) is 0 Å². The first-order chi connectivity index (χ1) is 20.0. The van der Waals surface area contributed by atoms with Gasteiger partial charge in [0.05, 0.1) is 0 Å². The number of aliphatic imine (C=N–C) groups is 1. The summed E-state index contributed by atoms with van der Waals surface area (Å²) in [6, 6.07) is 27.8. The van der Waals surface area contributed by atoms with Gasteiger partial charge in [-0.1, -0.05) is 0 Å². The fourth-order valence-electron chi connectivity index (χ4n) is 4.29. The van der Waals surface area contributed by atoms with Crippen molar-refractivity contribution in [3.05, 3.63) is 133 Å². The fourth-order valence-corrected chi connectivity index (χ4v) is 8.01. The van der Waals surface area contributed by atoms with Gasteiger partial charge < -0.3 is 0 Å². The molecule has 4 aromatic rings. The third-order valence-corrected chi connectivity index (χ3v) is 9.82. The van der Waals surface area contributed by atoms with Crippen LogP contribution >= 0.6 is 7.51 Å². The van der Waals surface area contributed by atoms with Crippen LogP contribution in [0.2, 0.25) is 0 Å². The molecule has 0 N–H and O–H groups in total. The summed E-state index contributed by atoms with van der Waals surface area (Å²) in [5, 5.41) is -5.16. The molecule has 0 saturated carbocycles. The topological polar surface area (TPSA) is 49.3 Å². The summed E-state index contributed by atoms with van der Waals surface area (Å²) in [6.45, 7) is 0. The molecular formula is C30H22F6NO4P. The Bertz CT molecular complexity index is 1450. The molecule has 5 rings (SSSR count). The number of rotatable bonds is 8. The fraction of sp³-hybridized carbons (Fsp3) is 0.100. The predicted octanol–water partition coefficient (Wildman–Crippen LogP) is 9.40. The van der Waals surface area contributed by atoms with E-state index in [0.717, 1.165) is 42.5 Å². The Morgan fingerprint density at radius 3 is 1.26 bits per heavy atom. The minimum atomic E-state index is -7.20. The molecular weight excluding hydrogens is 583 g/mol. The van der Waals surface area contributed by atoms with Crippen LogP contribution in [0.3, 0.4) is 0 Å². The van der Waals surface area contributed by atoms with E-state index in [1.807, 2.05) is 0 Å². The van der Waals surface area contributed by atoms with Gasteiger partial charge in [0.25, 0.3) is 0 Å². The van der Waals surface area contributed by atoms with E-state index in [9.17, 15) is 0 Å². The van der Waals surface area contributed by atoms with Crippen molar-refractivity contribution in [2.24, 2.45) is 4.99 Å². The average Bonchev–Trinajstić information content (AvgIpc) is 3.25. The Morgan fingerprint density at radius 1 is 0.548 bits per heavy atom. The molecule has 218 valence electrons. The zero-order valence-corrected chi connectivity index (χ0v) is 22.4. The summed E-state index contributed by atoms with van der Waals surface area (Å²) < 4.78 is 115. The minimum absolute atomic E-state index is 0.441. The van der Waals surface area contributed by atoms with E-state index in [4.69, 9.17) is 18.1 Å². The van der Waals surface area contributed by atoms with Crippen molar-refractivity contribution in [1.82, 2.24) is 0 Å². The van der Waals surface area contributed by atoms with Crippen LogP contribution in [-0.4, -0.2) is 23.5 Å². The van der Waals surface area contributed by atoms with Gasteiger partial charge >= 0.3 is 237 Å². The van der Waals surface area contributed by atoms with Crippen LogP contribution < -0.4 is 13.6 Å². The van der Waals surface area contributed by atoms with Crippen molar-refractivity contribution >= 4 is 19.5 Å². The van der Waals surface area contributed by atoms with Gasteiger partial charge in [0.1, 0.15) is 0 Å². The first-order valence-electron chi connectivity index (χ1n) is 12.4. The zero-order chi connectivity index (χ0) is 29.9. The predicted molar refractivity (Wildman–Crippen MR) is 147 cm³/mol. The summed E-state index contributed by atoms with van der Waals surface area (Å²) >= 11 is 0. The second-order valence-electron chi connectivity index (χ2n) is 8.98. The number of alkyl halides is 6. The van der Waals surface area contributed by atoms with Gasteiger partial charge in [0.15, 0.2) is 0 Å². The molecule has 0 aromatic heterocycles. The third-order valence-electron chi connectivity index (χ3n) is 6.08. The zero-order valence-electron chi connectivity index (χ0n) is 21.5. The molecule has 0 bridgehead atoms. The monoisotopic (exact) mass is 605 g/mol. The molecule has 0 unspecified atom stereocenters. The van der Waals surface area contributed by atoms with E-state index >= 15 is 26.3 Å². The van der Waals surface area contributed by atoms with Crippen molar-refractivity contribution in [3.8, 4) is 17.2 Å². The molecule has 5 nitrogen and oxygen atoms in total. The van der Waals surface area contributed by atoms with Gasteiger partial charge in [-0.05, 0) is 0 Å². The van der Waals surface area contributed by atoms with Gasteiger partial charge in [0, 0.05) is 0 Å². The van der Waals surface area contributed by atoms with Gasteiger partial charge in [0.2, 0.25) is 0 Å². The Balaban J connectivity index is 1.87. The van der Waals surface area contributed by atoms with Gasteiger partial charge in [-0.2, -0.15) is 0 Å². The Morgan fingerprint density at radius 2 is 0.905 bits per heavy atom. The van der Waals surface area contributed by atoms with Crippen LogP contribution in [0.1, 0.15) is 5.56 Å². The first-order valence-corrected chi connectivity index (χ1v) is 14.3. The van der Waals surface area contributed by atoms with E-state index < -0.39 is 48.3 Å². The van der Waals surface area contributed by atoms with Crippen molar-refractivity contribution in [2.75, 3.05) is 0 Å². The van der Waals surface area contributed by atoms with Crippen LogP contribution in [-0.2, 0) is 4.52 Å². The van der Waals surface area contributed by atoms with Crippen molar-refractivity contribution in [1.29, 1.82) is 0 Å². The van der Waals surface area contributed by atoms with Crippen LogP contribution in [0.25, 0.3) is 6.08 Å². The van der Waals surface area contributed by atoms with Crippen LogP contribution in [0.4, 0.5) is 26.3 Å².